The number of hydrogen-bond donors (Lipinski definition) is 1. The first kappa shape index (κ1) is 15.6. The smallest absolute Gasteiger partial charge is 0.406 e. The number of carbonyl (C=O) groups is 1. The van der Waals surface area contributed by atoms with E-state index in [1.165, 1.54) is 30.5 Å². The van der Waals surface area contributed by atoms with E-state index in [4.69, 9.17) is 0 Å². The summed E-state index contributed by atoms with van der Waals surface area (Å²) < 4.78 is 39.8. The number of nitrogens with one attached hydrogen (secondary N) is 1. The van der Waals surface area contributed by atoms with Crippen molar-refractivity contribution in [1.82, 2.24) is 0 Å². The zero-order chi connectivity index (χ0) is 16.0. The number of alkyl halides is 3. The molecule has 0 aliphatic heterocycles. The molecule has 0 aliphatic carbocycles. The van der Waals surface area contributed by atoms with Crippen molar-refractivity contribution in [3.8, 4) is 5.75 Å². The first-order valence-electron chi connectivity index (χ1n) is 6.16. The van der Waals surface area contributed by atoms with Gasteiger partial charge >= 0.3 is 6.36 Å². The maximum Gasteiger partial charge on any atom is 0.573 e. The third kappa shape index (κ3) is 4.93. The Morgan fingerprint density at radius 2 is 1.55 bits per heavy atom. The lowest BCUT2D eigenvalue weighted by Crippen LogP contribution is -2.16. The van der Waals surface area contributed by atoms with Crippen LogP contribution in [-0.2, 0) is 0 Å². The van der Waals surface area contributed by atoms with Crippen molar-refractivity contribution in [2.24, 2.45) is 5.10 Å². The molecule has 0 amide bonds. The molecule has 7 heteroatoms. The van der Waals surface area contributed by atoms with Gasteiger partial charge in [-0.3, -0.25) is 10.2 Å². The van der Waals surface area contributed by atoms with Crippen molar-refractivity contribution in [2.45, 2.75) is 6.36 Å². The van der Waals surface area contributed by atoms with Gasteiger partial charge in [-0.1, -0.05) is 24.3 Å². The number of carbonyl (C=O) groups excluding carboxylic acids is 1. The van der Waals surface area contributed by atoms with Crippen LogP contribution >= 0.6 is 0 Å². The van der Waals surface area contributed by atoms with Crippen LogP contribution < -0.4 is 10.2 Å². The Morgan fingerprint density at radius 3 is 2.09 bits per heavy atom. The first-order chi connectivity index (χ1) is 10.5. The van der Waals surface area contributed by atoms with Crippen LogP contribution in [0, 0.1) is 0 Å². The summed E-state index contributed by atoms with van der Waals surface area (Å²) in [5, 5.41) is 3.95. The van der Waals surface area contributed by atoms with E-state index in [1.807, 2.05) is 0 Å². The van der Waals surface area contributed by atoms with Crippen molar-refractivity contribution < 1.29 is 22.7 Å². The number of benzene rings is 2. The normalized spacial score (nSPS) is 11.4. The monoisotopic (exact) mass is 308 g/mol. The standard InChI is InChI=1S/C15H11F3N2O2/c16-15(17,18)22-14-7-5-13(6-8-14)20-19-9-11-1-3-12(10-21)4-2-11/h1-10,20H. The Balaban J connectivity index is 1.93. The van der Waals surface area contributed by atoms with Gasteiger partial charge in [-0.25, -0.2) is 0 Å². The topological polar surface area (TPSA) is 50.7 Å². The van der Waals surface area contributed by atoms with Gasteiger partial charge in [-0.15, -0.1) is 13.2 Å². The molecule has 0 aliphatic rings. The Kier molecular flexibility index (Phi) is 4.77. The minimum Gasteiger partial charge on any atom is -0.406 e. The Morgan fingerprint density at radius 1 is 0.955 bits per heavy atom. The molecule has 4 nitrogen and oxygen atoms in total. The minimum absolute atomic E-state index is 0.300. The van der Waals surface area contributed by atoms with Crippen LogP contribution in [0.3, 0.4) is 0 Å². The van der Waals surface area contributed by atoms with Gasteiger partial charge in [0.25, 0.3) is 0 Å². The fourth-order valence-electron chi connectivity index (χ4n) is 1.57. The lowest BCUT2D eigenvalue weighted by atomic mass is 10.2. The van der Waals surface area contributed by atoms with E-state index in [9.17, 15) is 18.0 Å². The molecule has 0 atom stereocenters. The second kappa shape index (κ2) is 6.75. The van der Waals surface area contributed by atoms with Crippen molar-refractivity contribution >= 4 is 18.2 Å². The predicted octanol–water partition coefficient (Wildman–Crippen LogP) is 3.84. The number of anilines is 1. The second-order valence-electron chi connectivity index (χ2n) is 4.23. The predicted molar refractivity (Wildman–Crippen MR) is 76.2 cm³/mol. The fourth-order valence-corrected chi connectivity index (χ4v) is 1.57. The van der Waals surface area contributed by atoms with Crippen molar-refractivity contribution in [3.05, 3.63) is 59.7 Å². The second-order valence-corrected chi connectivity index (χ2v) is 4.23. The molecule has 0 fully saturated rings. The van der Waals surface area contributed by atoms with Gasteiger partial charge in [0.15, 0.2) is 0 Å². The van der Waals surface area contributed by atoms with Crippen LogP contribution in [0.4, 0.5) is 18.9 Å². The molecular formula is C15H11F3N2O2. The number of ether oxygens (including phenoxy) is 1. The average molecular weight is 308 g/mol. The molecular weight excluding hydrogens is 297 g/mol. The molecule has 22 heavy (non-hydrogen) atoms. The molecule has 2 aromatic carbocycles. The van der Waals surface area contributed by atoms with Gasteiger partial charge in [0.05, 0.1) is 11.9 Å². The SMILES string of the molecule is O=Cc1ccc(C=NNc2ccc(OC(F)(F)F)cc2)cc1. The highest BCUT2D eigenvalue weighted by Gasteiger charge is 2.30. The zero-order valence-corrected chi connectivity index (χ0v) is 11.2. The molecule has 0 unspecified atom stereocenters. The van der Waals surface area contributed by atoms with E-state index in [0.29, 0.717) is 11.3 Å². The van der Waals surface area contributed by atoms with E-state index >= 15 is 0 Å². The summed E-state index contributed by atoms with van der Waals surface area (Å²) in [6.07, 6.45) is -2.45. The maximum absolute atomic E-state index is 12.0. The van der Waals surface area contributed by atoms with Crippen LogP contribution in [0.15, 0.2) is 53.6 Å². The summed E-state index contributed by atoms with van der Waals surface area (Å²) in [5.41, 5.74) is 4.52. The summed E-state index contributed by atoms with van der Waals surface area (Å²) in [6.45, 7) is 0. The molecule has 2 rings (SSSR count). The van der Waals surface area contributed by atoms with Crippen LogP contribution in [0.2, 0.25) is 0 Å². The number of rotatable bonds is 5. The number of halogens is 3. The van der Waals surface area contributed by atoms with Crippen molar-refractivity contribution in [3.63, 3.8) is 0 Å². The summed E-state index contributed by atoms with van der Waals surface area (Å²) in [6, 6.07) is 11.9. The molecule has 0 heterocycles. The summed E-state index contributed by atoms with van der Waals surface area (Å²) >= 11 is 0. The van der Waals surface area contributed by atoms with Crippen molar-refractivity contribution in [1.29, 1.82) is 0 Å². The zero-order valence-electron chi connectivity index (χ0n) is 11.2. The Hall–Kier alpha value is -2.83. The molecule has 0 aromatic heterocycles. The van der Waals surface area contributed by atoms with Gasteiger partial charge in [0.1, 0.15) is 12.0 Å². The molecule has 0 spiro atoms. The average Bonchev–Trinajstić information content (AvgIpc) is 2.48. The quantitative estimate of drug-likeness (QED) is 0.518. The minimum atomic E-state index is -4.71. The summed E-state index contributed by atoms with van der Waals surface area (Å²) in [4.78, 5) is 10.5. The van der Waals surface area contributed by atoms with Gasteiger partial charge < -0.3 is 4.74 Å². The number of hydrazone groups is 1. The van der Waals surface area contributed by atoms with Crippen LogP contribution in [0.25, 0.3) is 0 Å². The van der Waals surface area contributed by atoms with Crippen LogP contribution in [0.1, 0.15) is 15.9 Å². The summed E-state index contributed by atoms with van der Waals surface area (Å²) in [7, 11) is 0. The van der Waals surface area contributed by atoms with E-state index < -0.39 is 6.36 Å². The van der Waals surface area contributed by atoms with Gasteiger partial charge in [-0.2, -0.15) is 5.10 Å². The largest absolute Gasteiger partial charge is 0.573 e. The van der Waals surface area contributed by atoms with Crippen LogP contribution in [-0.4, -0.2) is 18.9 Å². The molecule has 1 N–H and O–H groups in total. The molecule has 114 valence electrons. The molecule has 0 saturated heterocycles. The fraction of sp³-hybridized carbons (Fsp3) is 0.0667. The lowest BCUT2D eigenvalue weighted by Gasteiger charge is -2.08. The number of nitrogens with zero attached hydrogens (tertiary/aromatic N) is 1. The third-order valence-electron chi connectivity index (χ3n) is 2.57. The third-order valence-corrected chi connectivity index (χ3v) is 2.57. The first-order valence-corrected chi connectivity index (χ1v) is 6.16. The highest BCUT2D eigenvalue weighted by atomic mass is 19.4. The Bertz CT molecular complexity index is 650. The van der Waals surface area contributed by atoms with E-state index in [2.05, 4.69) is 15.3 Å². The molecule has 0 saturated carbocycles. The van der Waals surface area contributed by atoms with Gasteiger partial charge in [-0.05, 0) is 29.8 Å². The van der Waals surface area contributed by atoms with Gasteiger partial charge in [0.2, 0.25) is 0 Å². The van der Waals surface area contributed by atoms with Crippen LogP contribution in [0.5, 0.6) is 5.75 Å². The number of hydrogen-bond acceptors (Lipinski definition) is 4. The highest BCUT2D eigenvalue weighted by Crippen LogP contribution is 2.23. The van der Waals surface area contributed by atoms with Gasteiger partial charge in [0, 0.05) is 5.56 Å². The molecule has 2 aromatic rings. The summed E-state index contributed by atoms with van der Waals surface area (Å²) in [5.74, 6) is -0.300. The maximum atomic E-state index is 12.0. The Labute approximate surface area is 124 Å². The lowest BCUT2D eigenvalue weighted by molar-refractivity contribution is -0.274. The molecule has 0 bridgehead atoms. The van der Waals surface area contributed by atoms with E-state index in [-0.39, 0.29) is 5.75 Å². The van der Waals surface area contributed by atoms with Crippen molar-refractivity contribution in [2.75, 3.05) is 5.43 Å². The number of aldehydes is 1. The van der Waals surface area contributed by atoms with E-state index in [0.717, 1.165) is 11.8 Å². The highest BCUT2D eigenvalue weighted by molar-refractivity contribution is 5.82. The van der Waals surface area contributed by atoms with E-state index in [1.54, 1.807) is 24.3 Å². The molecule has 0 radical (unpaired) electrons.